The lowest BCUT2D eigenvalue weighted by molar-refractivity contribution is -0.142. The van der Waals surface area contributed by atoms with Gasteiger partial charge in [0.15, 0.2) is 5.72 Å². The second-order valence-electron chi connectivity index (χ2n) is 10.4. The summed E-state index contributed by atoms with van der Waals surface area (Å²) in [5, 5.41) is 14.3. The smallest absolute Gasteiger partial charge is 0.409 e. The lowest BCUT2D eigenvalue weighted by atomic mass is 9.85. The van der Waals surface area contributed by atoms with Gasteiger partial charge in [0.1, 0.15) is 28.6 Å². The van der Waals surface area contributed by atoms with Crippen LogP contribution in [0, 0.1) is 5.92 Å². The maximum absolute atomic E-state index is 13.1. The zero-order valence-electron chi connectivity index (χ0n) is 22.5. The minimum Gasteiger partial charge on any atom is -0.495 e. The van der Waals surface area contributed by atoms with E-state index >= 15 is 0 Å². The standard InChI is InChI=1S/C28H35ClN2O7/c1-16-8-7-9-22(36-6)28(34)15-21(37-26(33)30-28)17(2)25-27(3,38-25)11-10-23(32)31(4)19-13-18(12-16)14-20(35-5)24(19)29/h7-11,13-14,17,21-22,25,34H,12,15H2,1-6H3,(H,30,33)/b9-7-,11-10-,16-8-. The van der Waals surface area contributed by atoms with E-state index in [1.165, 1.54) is 25.2 Å². The third-order valence-electron chi connectivity index (χ3n) is 7.46. The van der Waals surface area contributed by atoms with Gasteiger partial charge in [0.05, 0.1) is 18.9 Å². The van der Waals surface area contributed by atoms with Gasteiger partial charge < -0.3 is 29.0 Å². The number of allylic oxidation sites excluding steroid dienone is 3. The number of carbonyl (C=O) groups excluding carboxylic acids is 2. The lowest BCUT2D eigenvalue weighted by Crippen LogP contribution is -2.63. The van der Waals surface area contributed by atoms with Crippen LogP contribution in [0.1, 0.15) is 32.8 Å². The molecule has 4 bridgehead atoms. The number of ether oxygens (including phenoxy) is 4. The van der Waals surface area contributed by atoms with Crippen molar-refractivity contribution in [1.82, 2.24) is 5.32 Å². The fourth-order valence-corrected chi connectivity index (χ4v) is 5.47. The number of nitrogens with zero attached hydrogens (tertiary/aromatic N) is 1. The predicted octanol–water partition coefficient (Wildman–Crippen LogP) is 3.92. The number of hydrogen-bond acceptors (Lipinski definition) is 7. The molecule has 0 radical (unpaired) electrons. The Bertz CT molecular complexity index is 1200. The Hall–Kier alpha value is -2.85. The van der Waals surface area contributed by atoms with E-state index in [1.807, 2.05) is 39.0 Å². The molecule has 9 nitrogen and oxygen atoms in total. The van der Waals surface area contributed by atoms with Crippen LogP contribution in [0.25, 0.3) is 0 Å². The summed E-state index contributed by atoms with van der Waals surface area (Å²) in [6.45, 7) is 5.72. The van der Waals surface area contributed by atoms with E-state index in [4.69, 9.17) is 30.5 Å². The number of nitrogens with one attached hydrogen (secondary N) is 1. The molecule has 6 atom stereocenters. The number of halogens is 1. The molecule has 3 heterocycles. The number of amides is 2. The molecule has 3 aliphatic rings. The van der Waals surface area contributed by atoms with E-state index < -0.39 is 29.6 Å². The molecule has 2 fully saturated rings. The molecule has 206 valence electrons. The van der Waals surface area contributed by atoms with Crippen molar-refractivity contribution in [3.8, 4) is 5.75 Å². The van der Waals surface area contributed by atoms with Crippen LogP contribution in [0.3, 0.4) is 0 Å². The number of epoxide rings is 1. The van der Waals surface area contributed by atoms with Crippen molar-refractivity contribution in [1.29, 1.82) is 0 Å². The first kappa shape index (κ1) is 28.2. The van der Waals surface area contributed by atoms with Gasteiger partial charge in [-0.05, 0) is 44.0 Å². The lowest BCUT2D eigenvalue weighted by Gasteiger charge is -2.42. The number of hydrogen-bond donors (Lipinski definition) is 2. The fraction of sp³-hybridized carbons (Fsp3) is 0.500. The first-order chi connectivity index (χ1) is 17.9. The Morgan fingerprint density at radius 1 is 1.26 bits per heavy atom. The van der Waals surface area contributed by atoms with Crippen LogP contribution in [-0.2, 0) is 25.4 Å². The summed E-state index contributed by atoms with van der Waals surface area (Å²) in [7, 11) is 4.66. The quantitative estimate of drug-likeness (QED) is 0.541. The van der Waals surface area contributed by atoms with Crippen LogP contribution in [0.4, 0.5) is 10.5 Å². The summed E-state index contributed by atoms with van der Waals surface area (Å²) < 4.78 is 22.5. The monoisotopic (exact) mass is 546 g/mol. The van der Waals surface area contributed by atoms with Crippen molar-refractivity contribution >= 4 is 29.3 Å². The van der Waals surface area contributed by atoms with E-state index in [2.05, 4.69) is 5.32 Å². The van der Waals surface area contributed by atoms with Gasteiger partial charge in [-0.15, -0.1) is 0 Å². The highest BCUT2D eigenvalue weighted by Gasteiger charge is 2.58. The molecule has 6 unspecified atom stereocenters. The molecule has 0 spiro atoms. The van der Waals surface area contributed by atoms with Crippen LogP contribution < -0.4 is 15.0 Å². The number of rotatable bonds is 2. The van der Waals surface area contributed by atoms with Crippen molar-refractivity contribution in [3.63, 3.8) is 0 Å². The van der Waals surface area contributed by atoms with Crippen LogP contribution >= 0.6 is 11.6 Å². The topological polar surface area (TPSA) is 110 Å². The number of carbonyl (C=O) groups is 2. The minimum atomic E-state index is -1.68. The maximum Gasteiger partial charge on any atom is 0.409 e. The van der Waals surface area contributed by atoms with Crippen molar-refractivity contribution in [3.05, 3.63) is 58.7 Å². The Labute approximate surface area is 228 Å². The molecule has 1 aromatic carbocycles. The second kappa shape index (κ2) is 10.7. The Morgan fingerprint density at radius 3 is 2.68 bits per heavy atom. The number of benzene rings is 1. The van der Waals surface area contributed by atoms with Gasteiger partial charge in [0, 0.05) is 32.6 Å². The van der Waals surface area contributed by atoms with Gasteiger partial charge >= 0.3 is 6.09 Å². The molecule has 0 aromatic heterocycles. The summed E-state index contributed by atoms with van der Waals surface area (Å²) in [5.74, 6) is -0.0859. The van der Waals surface area contributed by atoms with Crippen molar-refractivity contribution in [2.45, 2.75) is 63.3 Å². The second-order valence-corrected chi connectivity index (χ2v) is 10.7. The third kappa shape index (κ3) is 5.61. The first-order valence-electron chi connectivity index (χ1n) is 12.5. The molecule has 2 amide bonds. The summed E-state index contributed by atoms with van der Waals surface area (Å²) in [6, 6.07) is 3.70. The zero-order valence-corrected chi connectivity index (χ0v) is 23.2. The van der Waals surface area contributed by atoms with E-state index in [0.717, 1.165) is 11.1 Å². The molecule has 38 heavy (non-hydrogen) atoms. The van der Waals surface area contributed by atoms with Gasteiger partial charge in [-0.1, -0.05) is 42.3 Å². The van der Waals surface area contributed by atoms with Crippen LogP contribution in [0.2, 0.25) is 5.02 Å². The highest BCUT2D eigenvalue weighted by atomic mass is 35.5. The van der Waals surface area contributed by atoms with Crippen LogP contribution in [0.15, 0.2) is 48.1 Å². The highest BCUT2D eigenvalue weighted by Crippen LogP contribution is 2.46. The molecule has 2 N–H and O–H groups in total. The summed E-state index contributed by atoms with van der Waals surface area (Å²) >= 11 is 6.58. The van der Waals surface area contributed by atoms with Gasteiger partial charge in [-0.25, -0.2) is 4.79 Å². The van der Waals surface area contributed by atoms with Crippen molar-refractivity contribution < 1.29 is 33.6 Å². The summed E-state index contributed by atoms with van der Waals surface area (Å²) in [5.41, 5.74) is 0.00882. The SMILES string of the molecule is COc1cc2cc(c1Cl)N(C)C(=O)/C=C\C1(C)OC1C(C)C1CC(O)(NC(=O)O1)C(OC)/C=C\C=C(\C)C2. The molecule has 0 aliphatic carbocycles. The zero-order chi connectivity index (χ0) is 27.8. The number of alkyl carbamates (subject to hydrolysis) is 1. The number of anilines is 1. The highest BCUT2D eigenvalue weighted by molar-refractivity contribution is 6.35. The Morgan fingerprint density at radius 2 is 2.00 bits per heavy atom. The van der Waals surface area contributed by atoms with E-state index in [1.54, 1.807) is 25.3 Å². The number of aliphatic hydroxyl groups is 1. The summed E-state index contributed by atoms with van der Waals surface area (Å²) in [4.78, 5) is 27.0. The number of methoxy groups -OCH3 is 2. The summed E-state index contributed by atoms with van der Waals surface area (Å²) in [6.07, 6.45) is 6.68. The molecule has 2 saturated heterocycles. The molecular weight excluding hydrogens is 512 g/mol. The van der Waals surface area contributed by atoms with Gasteiger partial charge in [-0.3, -0.25) is 10.1 Å². The van der Waals surface area contributed by atoms with Crippen molar-refractivity contribution in [2.75, 3.05) is 26.2 Å². The predicted molar refractivity (Wildman–Crippen MR) is 143 cm³/mol. The Kier molecular flexibility index (Phi) is 7.95. The largest absolute Gasteiger partial charge is 0.495 e. The van der Waals surface area contributed by atoms with Crippen LogP contribution in [-0.4, -0.2) is 68.0 Å². The van der Waals surface area contributed by atoms with E-state index in [9.17, 15) is 14.7 Å². The van der Waals surface area contributed by atoms with Gasteiger partial charge in [-0.2, -0.15) is 0 Å². The first-order valence-corrected chi connectivity index (χ1v) is 12.9. The maximum atomic E-state index is 13.1. The molecular formula is C28H35ClN2O7. The molecule has 1 aromatic rings. The number of fused-ring (bicyclic) bond motifs is 5. The normalized spacial score (nSPS) is 36.7. The van der Waals surface area contributed by atoms with Crippen molar-refractivity contribution in [2.24, 2.45) is 5.92 Å². The fourth-order valence-electron chi connectivity index (χ4n) is 5.16. The minimum absolute atomic E-state index is 0.0941. The molecule has 3 aliphatic heterocycles. The molecule has 4 rings (SSSR count). The average molecular weight is 547 g/mol. The molecule has 10 heteroatoms. The van der Waals surface area contributed by atoms with E-state index in [0.29, 0.717) is 22.9 Å². The van der Waals surface area contributed by atoms with Gasteiger partial charge in [0.2, 0.25) is 0 Å². The van der Waals surface area contributed by atoms with Gasteiger partial charge in [0.25, 0.3) is 5.91 Å². The Balaban J connectivity index is 1.75. The van der Waals surface area contributed by atoms with E-state index in [-0.39, 0.29) is 24.3 Å². The molecule has 0 saturated carbocycles. The average Bonchev–Trinajstić information content (AvgIpc) is 3.55. The third-order valence-corrected chi connectivity index (χ3v) is 7.84. The number of likely N-dealkylation sites (N-methyl/N-ethyl adjacent to an activating group) is 1. The van der Waals surface area contributed by atoms with Crippen LogP contribution in [0.5, 0.6) is 5.75 Å².